The lowest BCUT2D eigenvalue weighted by Gasteiger charge is -2.03. The molecule has 0 saturated heterocycles. The molecule has 0 amide bonds. The van der Waals surface area contributed by atoms with Crippen molar-refractivity contribution in [1.82, 2.24) is 9.78 Å². The van der Waals surface area contributed by atoms with E-state index in [-0.39, 0.29) is 0 Å². The monoisotopic (exact) mass is 270 g/mol. The Balaban J connectivity index is 2.00. The lowest BCUT2D eigenvalue weighted by atomic mass is 10.0. The van der Waals surface area contributed by atoms with Crippen molar-refractivity contribution in [2.75, 3.05) is 0 Å². The molecule has 4 heteroatoms. The first kappa shape index (κ1) is 14.1. The van der Waals surface area contributed by atoms with Gasteiger partial charge in [-0.25, -0.2) is 4.79 Å². The predicted molar refractivity (Wildman–Crippen MR) is 78.4 cm³/mol. The molecule has 0 fully saturated rings. The van der Waals surface area contributed by atoms with E-state index in [1.807, 2.05) is 26.4 Å². The van der Waals surface area contributed by atoms with Crippen LogP contribution in [0.3, 0.4) is 0 Å². The van der Waals surface area contributed by atoms with Gasteiger partial charge in [0.25, 0.3) is 0 Å². The second-order valence-electron chi connectivity index (χ2n) is 4.93. The van der Waals surface area contributed by atoms with Crippen LogP contribution in [0.25, 0.3) is 11.1 Å². The highest BCUT2D eigenvalue weighted by molar-refractivity contribution is 5.80. The molecule has 0 aliphatic heterocycles. The Morgan fingerprint density at radius 2 is 2.00 bits per heavy atom. The van der Waals surface area contributed by atoms with E-state index in [9.17, 15) is 4.79 Å². The highest BCUT2D eigenvalue weighted by Crippen LogP contribution is 2.19. The van der Waals surface area contributed by atoms with Crippen LogP contribution in [0.2, 0.25) is 0 Å². The number of carboxylic acids is 1. The summed E-state index contributed by atoms with van der Waals surface area (Å²) in [4.78, 5) is 10.5. The van der Waals surface area contributed by atoms with Crippen LogP contribution < -0.4 is 0 Å². The Kier molecular flexibility index (Phi) is 4.35. The van der Waals surface area contributed by atoms with Crippen LogP contribution in [0.1, 0.15) is 18.9 Å². The first-order chi connectivity index (χ1) is 9.54. The molecule has 0 spiro atoms. The van der Waals surface area contributed by atoms with Gasteiger partial charge in [-0.3, -0.25) is 4.68 Å². The second-order valence-corrected chi connectivity index (χ2v) is 4.93. The van der Waals surface area contributed by atoms with Crippen LogP contribution >= 0.6 is 0 Å². The van der Waals surface area contributed by atoms with Crippen molar-refractivity contribution >= 4 is 5.97 Å². The van der Waals surface area contributed by atoms with Gasteiger partial charge in [-0.15, -0.1) is 0 Å². The molecule has 2 aromatic rings. The zero-order valence-electron chi connectivity index (χ0n) is 11.7. The molecule has 0 radical (unpaired) electrons. The van der Waals surface area contributed by atoms with Crippen molar-refractivity contribution in [3.05, 3.63) is 53.9 Å². The van der Waals surface area contributed by atoms with Crippen molar-refractivity contribution in [3.8, 4) is 11.1 Å². The number of nitrogens with zero attached hydrogens (tertiary/aromatic N) is 2. The van der Waals surface area contributed by atoms with Crippen molar-refractivity contribution in [3.63, 3.8) is 0 Å². The summed E-state index contributed by atoms with van der Waals surface area (Å²) in [6.45, 7) is 1.85. The van der Waals surface area contributed by atoms with Gasteiger partial charge in [0.2, 0.25) is 0 Å². The van der Waals surface area contributed by atoms with Crippen molar-refractivity contribution < 1.29 is 9.90 Å². The fourth-order valence-corrected chi connectivity index (χ4v) is 2.06. The number of allylic oxidation sites excluding steroid dienone is 1. The molecule has 0 atom stereocenters. The van der Waals surface area contributed by atoms with Gasteiger partial charge < -0.3 is 5.11 Å². The molecule has 1 heterocycles. The Labute approximate surface area is 118 Å². The minimum atomic E-state index is -0.880. The molecule has 0 unspecified atom stereocenters. The summed E-state index contributed by atoms with van der Waals surface area (Å²) in [6.07, 6.45) is 6.70. The molecule has 104 valence electrons. The zero-order valence-corrected chi connectivity index (χ0v) is 11.7. The SMILES string of the molecule is C/C(=C\C(=O)O)CCc1ccc(-c2cnn(C)c2)cc1. The van der Waals surface area contributed by atoms with E-state index in [4.69, 9.17) is 5.11 Å². The first-order valence-corrected chi connectivity index (χ1v) is 6.52. The number of carboxylic acid groups (broad SMARTS) is 1. The Hall–Kier alpha value is -2.36. The summed E-state index contributed by atoms with van der Waals surface area (Å²) in [5.41, 5.74) is 4.32. The van der Waals surface area contributed by atoms with Crippen LogP contribution in [-0.4, -0.2) is 20.9 Å². The number of aromatic nitrogens is 2. The number of hydrogen-bond acceptors (Lipinski definition) is 2. The van der Waals surface area contributed by atoms with Crippen LogP contribution in [0, 0.1) is 0 Å². The average Bonchev–Trinajstić information content (AvgIpc) is 2.83. The van der Waals surface area contributed by atoms with Gasteiger partial charge in [0.1, 0.15) is 0 Å². The first-order valence-electron chi connectivity index (χ1n) is 6.52. The molecule has 0 bridgehead atoms. The molecule has 20 heavy (non-hydrogen) atoms. The van der Waals surface area contributed by atoms with Crippen molar-refractivity contribution in [2.45, 2.75) is 19.8 Å². The van der Waals surface area contributed by atoms with Crippen LogP contribution in [0.5, 0.6) is 0 Å². The molecule has 0 aliphatic carbocycles. The molecular weight excluding hydrogens is 252 g/mol. The number of aryl methyl sites for hydroxylation is 2. The summed E-state index contributed by atoms with van der Waals surface area (Å²) in [6, 6.07) is 8.30. The maximum atomic E-state index is 10.5. The maximum absolute atomic E-state index is 10.5. The van der Waals surface area contributed by atoms with E-state index in [0.717, 1.165) is 29.5 Å². The van der Waals surface area contributed by atoms with Crippen molar-refractivity contribution in [1.29, 1.82) is 0 Å². The molecule has 0 saturated carbocycles. The van der Waals surface area contributed by atoms with Crippen LogP contribution in [0.4, 0.5) is 0 Å². The lowest BCUT2D eigenvalue weighted by Crippen LogP contribution is -1.92. The molecule has 0 aliphatic rings. The fourth-order valence-electron chi connectivity index (χ4n) is 2.06. The minimum Gasteiger partial charge on any atom is -0.478 e. The number of rotatable bonds is 5. The van der Waals surface area contributed by atoms with Gasteiger partial charge in [-0.1, -0.05) is 29.8 Å². The highest BCUT2D eigenvalue weighted by atomic mass is 16.4. The van der Waals surface area contributed by atoms with Gasteiger partial charge in [-0.05, 0) is 30.9 Å². The number of hydrogen-bond donors (Lipinski definition) is 1. The van der Waals surface area contributed by atoms with E-state index in [0.29, 0.717) is 0 Å². The van der Waals surface area contributed by atoms with E-state index in [2.05, 4.69) is 29.4 Å². The van der Waals surface area contributed by atoms with Crippen LogP contribution in [-0.2, 0) is 18.3 Å². The number of benzene rings is 1. The summed E-state index contributed by atoms with van der Waals surface area (Å²) in [5, 5.41) is 12.8. The van der Waals surface area contributed by atoms with Gasteiger partial charge in [-0.2, -0.15) is 5.10 Å². The Morgan fingerprint density at radius 3 is 2.55 bits per heavy atom. The zero-order chi connectivity index (χ0) is 14.5. The van der Waals surface area contributed by atoms with Gasteiger partial charge in [0, 0.05) is 24.9 Å². The predicted octanol–water partition coefficient (Wildman–Crippen LogP) is 3.05. The Bertz CT molecular complexity index is 624. The summed E-state index contributed by atoms with van der Waals surface area (Å²) >= 11 is 0. The quantitative estimate of drug-likeness (QED) is 0.850. The smallest absolute Gasteiger partial charge is 0.328 e. The topological polar surface area (TPSA) is 55.1 Å². The van der Waals surface area contributed by atoms with E-state index in [1.165, 1.54) is 11.6 Å². The largest absolute Gasteiger partial charge is 0.478 e. The summed E-state index contributed by atoms with van der Waals surface area (Å²) < 4.78 is 1.78. The molecule has 1 aromatic heterocycles. The third-order valence-electron chi connectivity index (χ3n) is 3.17. The third-order valence-corrected chi connectivity index (χ3v) is 3.17. The standard InChI is InChI=1S/C16H18N2O2/c1-12(9-16(19)20)3-4-13-5-7-14(8-6-13)15-10-17-18(2)11-15/h5-11H,3-4H2,1-2H3,(H,19,20)/b12-9+. The number of aliphatic carboxylic acids is 1. The normalized spacial score (nSPS) is 11.6. The van der Waals surface area contributed by atoms with E-state index >= 15 is 0 Å². The van der Waals surface area contributed by atoms with E-state index in [1.54, 1.807) is 4.68 Å². The average molecular weight is 270 g/mol. The van der Waals surface area contributed by atoms with E-state index < -0.39 is 5.97 Å². The Morgan fingerprint density at radius 1 is 1.30 bits per heavy atom. The molecule has 4 nitrogen and oxygen atoms in total. The van der Waals surface area contributed by atoms with Gasteiger partial charge in [0.05, 0.1) is 6.20 Å². The van der Waals surface area contributed by atoms with Gasteiger partial charge in [0.15, 0.2) is 0 Å². The molecule has 1 N–H and O–H groups in total. The second kappa shape index (κ2) is 6.19. The number of carbonyl (C=O) groups is 1. The lowest BCUT2D eigenvalue weighted by molar-refractivity contribution is -0.131. The fraction of sp³-hybridized carbons (Fsp3) is 0.250. The highest BCUT2D eigenvalue weighted by Gasteiger charge is 2.01. The maximum Gasteiger partial charge on any atom is 0.328 e. The summed E-state index contributed by atoms with van der Waals surface area (Å²) in [7, 11) is 1.90. The molecule has 2 rings (SSSR count). The third kappa shape index (κ3) is 3.82. The minimum absolute atomic E-state index is 0.762. The van der Waals surface area contributed by atoms with Crippen molar-refractivity contribution in [2.24, 2.45) is 7.05 Å². The molecule has 1 aromatic carbocycles. The van der Waals surface area contributed by atoms with Crippen LogP contribution in [0.15, 0.2) is 48.3 Å². The summed E-state index contributed by atoms with van der Waals surface area (Å²) in [5.74, 6) is -0.880. The molecular formula is C16H18N2O2. The van der Waals surface area contributed by atoms with Gasteiger partial charge >= 0.3 is 5.97 Å².